The molecule has 2 aromatic carbocycles. The van der Waals surface area contributed by atoms with Crippen LogP contribution in [0.3, 0.4) is 0 Å². The van der Waals surface area contributed by atoms with Crippen molar-refractivity contribution in [3.05, 3.63) is 70.8 Å². The quantitative estimate of drug-likeness (QED) is 0.708. The third kappa shape index (κ3) is 4.83. The summed E-state index contributed by atoms with van der Waals surface area (Å²) in [6.07, 6.45) is -0.536. The Kier molecular flexibility index (Phi) is 6.46. The summed E-state index contributed by atoms with van der Waals surface area (Å²) in [5, 5.41) is 11.8. The molecule has 156 valence electrons. The first-order valence-corrected chi connectivity index (χ1v) is 9.49. The summed E-state index contributed by atoms with van der Waals surface area (Å²) in [6, 6.07) is 12.9. The minimum absolute atomic E-state index is 0.00298. The topological polar surface area (TPSA) is 113 Å². The maximum Gasteiger partial charge on any atom is 0.411 e. The number of aryl methyl sites for hydroxylation is 1. The van der Waals surface area contributed by atoms with Gasteiger partial charge in [0.15, 0.2) is 0 Å². The molecule has 8 nitrogen and oxygen atoms in total. The number of hydrogen-bond acceptors (Lipinski definition) is 5. The van der Waals surface area contributed by atoms with Gasteiger partial charge in [0.2, 0.25) is 11.8 Å². The minimum atomic E-state index is -1.13. The molecule has 1 fully saturated rings. The van der Waals surface area contributed by atoms with Crippen molar-refractivity contribution in [2.45, 2.75) is 39.0 Å². The molecule has 3 amide bonds. The average molecular weight is 410 g/mol. The third-order valence-electron chi connectivity index (χ3n) is 5.00. The van der Waals surface area contributed by atoms with E-state index in [0.717, 1.165) is 5.56 Å². The number of rotatable bonds is 6. The molecular weight excluding hydrogens is 388 g/mol. The lowest BCUT2D eigenvalue weighted by atomic mass is 9.99. The molecule has 0 radical (unpaired) electrons. The van der Waals surface area contributed by atoms with Crippen molar-refractivity contribution in [3.63, 3.8) is 0 Å². The van der Waals surface area contributed by atoms with Crippen LogP contribution in [0.15, 0.2) is 48.5 Å². The summed E-state index contributed by atoms with van der Waals surface area (Å²) in [5.41, 5.74) is 1.90. The summed E-state index contributed by atoms with van der Waals surface area (Å²) in [5.74, 6) is -2.14. The number of piperidine rings is 1. The van der Waals surface area contributed by atoms with Crippen molar-refractivity contribution >= 4 is 23.9 Å². The van der Waals surface area contributed by atoms with Crippen LogP contribution < -0.4 is 5.32 Å². The highest BCUT2D eigenvalue weighted by Gasteiger charge is 2.36. The Morgan fingerprint density at radius 1 is 1.13 bits per heavy atom. The first-order valence-electron chi connectivity index (χ1n) is 9.49. The number of amides is 3. The highest BCUT2D eigenvalue weighted by atomic mass is 16.6. The first kappa shape index (κ1) is 21.0. The van der Waals surface area contributed by atoms with Crippen LogP contribution in [0.2, 0.25) is 0 Å². The van der Waals surface area contributed by atoms with E-state index < -0.39 is 29.9 Å². The summed E-state index contributed by atoms with van der Waals surface area (Å²) in [4.78, 5) is 49.7. The van der Waals surface area contributed by atoms with Crippen molar-refractivity contribution in [2.24, 2.45) is 0 Å². The number of nitrogens with one attached hydrogen (secondary N) is 1. The number of benzene rings is 2. The molecule has 1 aliphatic heterocycles. The van der Waals surface area contributed by atoms with Crippen LogP contribution in [0.1, 0.15) is 39.9 Å². The number of carboxylic acids is 1. The number of carbonyl (C=O) groups is 4. The highest BCUT2D eigenvalue weighted by Crippen LogP contribution is 2.22. The van der Waals surface area contributed by atoms with Crippen LogP contribution in [-0.4, -0.2) is 39.9 Å². The standard InChI is InChI=1S/C22H22N2O6/c1-14-6-5-9-16(21(27)28)17(14)12-24(18-10-11-19(25)23-20(18)26)22(29)30-13-15-7-3-2-4-8-15/h2-9,18H,10-13H2,1H3,(H,27,28)(H,23,25,26)/t18-/m0/s1. The summed E-state index contributed by atoms with van der Waals surface area (Å²) in [6.45, 7) is 1.61. The van der Waals surface area contributed by atoms with E-state index in [9.17, 15) is 24.3 Å². The van der Waals surface area contributed by atoms with Crippen LogP contribution in [-0.2, 0) is 27.5 Å². The van der Waals surface area contributed by atoms with Gasteiger partial charge in [-0.2, -0.15) is 0 Å². The maximum absolute atomic E-state index is 12.9. The lowest BCUT2D eigenvalue weighted by Gasteiger charge is -2.33. The molecule has 1 saturated heterocycles. The number of hydrogen-bond donors (Lipinski definition) is 2. The smallest absolute Gasteiger partial charge is 0.411 e. The number of imide groups is 1. The van der Waals surface area contributed by atoms with Gasteiger partial charge < -0.3 is 9.84 Å². The van der Waals surface area contributed by atoms with Gasteiger partial charge in [-0.3, -0.25) is 19.8 Å². The minimum Gasteiger partial charge on any atom is -0.478 e. The van der Waals surface area contributed by atoms with Gasteiger partial charge >= 0.3 is 12.1 Å². The van der Waals surface area contributed by atoms with Gasteiger partial charge in [0.05, 0.1) is 12.1 Å². The van der Waals surface area contributed by atoms with Crippen molar-refractivity contribution in [1.82, 2.24) is 10.2 Å². The zero-order chi connectivity index (χ0) is 21.7. The normalized spacial score (nSPS) is 16.0. The maximum atomic E-state index is 12.9. The van der Waals surface area contributed by atoms with Crippen LogP contribution in [0.25, 0.3) is 0 Å². The van der Waals surface area contributed by atoms with Gasteiger partial charge in [-0.15, -0.1) is 0 Å². The van der Waals surface area contributed by atoms with E-state index in [1.807, 2.05) is 18.2 Å². The van der Waals surface area contributed by atoms with Gasteiger partial charge in [-0.05, 0) is 36.1 Å². The molecule has 1 atom stereocenters. The summed E-state index contributed by atoms with van der Waals surface area (Å²) < 4.78 is 5.41. The highest BCUT2D eigenvalue weighted by molar-refractivity contribution is 6.01. The molecule has 8 heteroatoms. The van der Waals surface area contributed by atoms with E-state index in [-0.39, 0.29) is 31.6 Å². The van der Waals surface area contributed by atoms with Gasteiger partial charge in [-0.25, -0.2) is 9.59 Å². The molecule has 2 N–H and O–H groups in total. The van der Waals surface area contributed by atoms with Crippen molar-refractivity contribution < 1.29 is 29.0 Å². The molecule has 0 saturated carbocycles. The Labute approximate surface area is 173 Å². The number of ether oxygens (including phenoxy) is 1. The van der Waals surface area contributed by atoms with E-state index in [1.54, 1.807) is 31.2 Å². The van der Waals surface area contributed by atoms with Crippen molar-refractivity contribution in [2.75, 3.05) is 0 Å². The van der Waals surface area contributed by atoms with Crippen LogP contribution in [0, 0.1) is 6.92 Å². The lowest BCUT2D eigenvalue weighted by molar-refractivity contribution is -0.137. The molecular formula is C22H22N2O6. The fourth-order valence-electron chi connectivity index (χ4n) is 3.37. The SMILES string of the molecule is Cc1cccc(C(=O)O)c1CN(C(=O)OCc1ccccc1)[C@H]1CCC(=O)NC1=O. The zero-order valence-electron chi connectivity index (χ0n) is 16.5. The Bertz CT molecular complexity index is 973. The second-order valence-electron chi connectivity index (χ2n) is 7.04. The van der Waals surface area contributed by atoms with E-state index in [4.69, 9.17) is 4.74 Å². The van der Waals surface area contributed by atoms with E-state index in [2.05, 4.69) is 5.32 Å². The molecule has 1 aliphatic rings. The van der Waals surface area contributed by atoms with Gasteiger partial charge in [0.25, 0.3) is 0 Å². The molecule has 0 aliphatic carbocycles. The molecule has 0 aromatic heterocycles. The van der Waals surface area contributed by atoms with Gasteiger partial charge in [0.1, 0.15) is 12.6 Å². The average Bonchev–Trinajstić information content (AvgIpc) is 2.72. The molecule has 0 spiro atoms. The largest absolute Gasteiger partial charge is 0.478 e. The Morgan fingerprint density at radius 2 is 1.87 bits per heavy atom. The number of carboxylic acid groups (broad SMARTS) is 1. The van der Waals surface area contributed by atoms with Crippen LogP contribution in [0.4, 0.5) is 4.79 Å². The molecule has 30 heavy (non-hydrogen) atoms. The van der Waals surface area contributed by atoms with Gasteiger partial charge in [0, 0.05) is 6.42 Å². The Morgan fingerprint density at radius 3 is 2.53 bits per heavy atom. The summed E-state index contributed by atoms with van der Waals surface area (Å²) >= 11 is 0. The van der Waals surface area contributed by atoms with Crippen molar-refractivity contribution in [1.29, 1.82) is 0 Å². The third-order valence-corrected chi connectivity index (χ3v) is 5.00. The van der Waals surface area contributed by atoms with E-state index in [0.29, 0.717) is 11.1 Å². The number of carbonyl (C=O) groups excluding carboxylic acids is 3. The molecule has 0 unspecified atom stereocenters. The second-order valence-corrected chi connectivity index (χ2v) is 7.04. The predicted octanol–water partition coefficient (Wildman–Crippen LogP) is 2.64. The zero-order valence-corrected chi connectivity index (χ0v) is 16.5. The fraction of sp³-hybridized carbons (Fsp3) is 0.273. The number of nitrogens with zero attached hydrogens (tertiary/aromatic N) is 1. The predicted molar refractivity (Wildman–Crippen MR) is 106 cm³/mol. The second kappa shape index (κ2) is 9.21. The molecule has 2 aromatic rings. The van der Waals surface area contributed by atoms with E-state index in [1.165, 1.54) is 11.0 Å². The first-order chi connectivity index (χ1) is 14.4. The summed E-state index contributed by atoms with van der Waals surface area (Å²) in [7, 11) is 0. The Balaban J connectivity index is 1.88. The number of aromatic carboxylic acids is 1. The fourth-order valence-corrected chi connectivity index (χ4v) is 3.37. The van der Waals surface area contributed by atoms with Crippen molar-refractivity contribution in [3.8, 4) is 0 Å². The lowest BCUT2D eigenvalue weighted by Crippen LogP contribution is -2.54. The monoisotopic (exact) mass is 410 g/mol. The van der Waals surface area contributed by atoms with Crippen LogP contribution in [0.5, 0.6) is 0 Å². The van der Waals surface area contributed by atoms with Gasteiger partial charge in [-0.1, -0.05) is 42.5 Å². The molecule has 1 heterocycles. The molecule has 0 bridgehead atoms. The van der Waals surface area contributed by atoms with E-state index >= 15 is 0 Å². The Hall–Kier alpha value is -3.68. The molecule has 3 rings (SSSR count). The van der Waals surface area contributed by atoms with Crippen LogP contribution >= 0.6 is 0 Å².